The lowest BCUT2D eigenvalue weighted by Gasteiger charge is -2.25. The van der Waals surface area contributed by atoms with E-state index in [1.807, 2.05) is 38.1 Å². The van der Waals surface area contributed by atoms with E-state index in [-0.39, 0.29) is 16.8 Å². The number of carbonyl (C=O) groups is 1. The summed E-state index contributed by atoms with van der Waals surface area (Å²) in [5.74, 6) is -0.215. The molecule has 0 fully saturated rings. The summed E-state index contributed by atoms with van der Waals surface area (Å²) in [6.45, 7) is 4.43. The number of nitrogens with one attached hydrogen (secondary N) is 1. The Bertz CT molecular complexity index is 905. The first-order valence-electron chi connectivity index (χ1n) is 8.26. The second-order valence-electron chi connectivity index (χ2n) is 6.43. The third-order valence-corrected chi connectivity index (χ3v) is 6.71. The first-order valence-corrected chi connectivity index (χ1v) is 9.70. The maximum atomic E-state index is 13.0. The van der Waals surface area contributed by atoms with Crippen LogP contribution in [0.3, 0.4) is 0 Å². The van der Waals surface area contributed by atoms with Crippen LogP contribution < -0.4 is 5.32 Å². The van der Waals surface area contributed by atoms with Crippen molar-refractivity contribution in [2.75, 3.05) is 13.6 Å². The van der Waals surface area contributed by atoms with E-state index in [4.69, 9.17) is 0 Å². The van der Waals surface area contributed by atoms with E-state index >= 15 is 0 Å². The standard InChI is InChI=1S/C19H22N2O3S/c1-13-4-6-15(7-5-13)14(2)21(3)25(23,24)17-9-8-16-10-11-20-19(22)18(16)12-17/h4-9,12,14H,10-11H2,1-3H3,(H,20,22). The minimum absolute atomic E-state index is 0.143. The van der Waals surface area contributed by atoms with Crippen LogP contribution in [0.2, 0.25) is 0 Å². The van der Waals surface area contributed by atoms with Crippen molar-refractivity contribution in [3.63, 3.8) is 0 Å². The van der Waals surface area contributed by atoms with E-state index in [1.165, 1.54) is 10.4 Å². The maximum absolute atomic E-state index is 13.0. The molecule has 132 valence electrons. The topological polar surface area (TPSA) is 66.5 Å². The van der Waals surface area contributed by atoms with E-state index < -0.39 is 10.0 Å². The van der Waals surface area contributed by atoms with Gasteiger partial charge in [0, 0.05) is 25.2 Å². The normalized spacial score (nSPS) is 15.6. The molecule has 1 unspecified atom stereocenters. The molecule has 0 saturated carbocycles. The fourth-order valence-electron chi connectivity index (χ4n) is 2.98. The summed E-state index contributed by atoms with van der Waals surface area (Å²) in [6, 6.07) is 12.3. The number of carbonyl (C=O) groups excluding carboxylic acids is 1. The van der Waals surface area contributed by atoms with Crippen LogP contribution in [0.25, 0.3) is 0 Å². The Kier molecular flexibility index (Phi) is 4.67. The summed E-state index contributed by atoms with van der Waals surface area (Å²) in [5.41, 5.74) is 3.38. The molecule has 0 spiro atoms. The van der Waals surface area contributed by atoms with Gasteiger partial charge in [-0.3, -0.25) is 4.79 Å². The third-order valence-electron chi connectivity index (χ3n) is 4.79. The van der Waals surface area contributed by atoms with Crippen molar-refractivity contribution in [1.29, 1.82) is 0 Å². The van der Waals surface area contributed by atoms with Crippen LogP contribution in [0, 0.1) is 6.92 Å². The smallest absolute Gasteiger partial charge is 0.251 e. The van der Waals surface area contributed by atoms with E-state index in [1.54, 1.807) is 19.2 Å². The quantitative estimate of drug-likeness (QED) is 0.914. The van der Waals surface area contributed by atoms with Gasteiger partial charge in [-0.15, -0.1) is 0 Å². The molecule has 0 aromatic heterocycles. The van der Waals surface area contributed by atoms with Crippen molar-refractivity contribution in [3.05, 3.63) is 64.7 Å². The minimum Gasteiger partial charge on any atom is -0.352 e. The highest BCUT2D eigenvalue weighted by Gasteiger charge is 2.28. The summed E-state index contributed by atoms with van der Waals surface area (Å²) in [4.78, 5) is 12.1. The number of hydrogen-bond acceptors (Lipinski definition) is 3. The van der Waals surface area contributed by atoms with Crippen molar-refractivity contribution < 1.29 is 13.2 Å². The molecular weight excluding hydrogens is 336 g/mol. The van der Waals surface area contributed by atoms with Gasteiger partial charge in [-0.2, -0.15) is 4.31 Å². The second-order valence-corrected chi connectivity index (χ2v) is 8.43. The number of aryl methyl sites for hydroxylation is 1. The number of rotatable bonds is 4. The van der Waals surface area contributed by atoms with Crippen LogP contribution >= 0.6 is 0 Å². The van der Waals surface area contributed by atoms with Gasteiger partial charge in [-0.05, 0) is 43.5 Å². The Balaban J connectivity index is 1.94. The zero-order valence-electron chi connectivity index (χ0n) is 14.6. The second kappa shape index (κ2) is 6.61. The fourth-order valence-corrected chi connectivity index (χ4v) is 4.36. The zero-order valence-corrected chi connectivity index (χ0v) is 15.4. The molecule has 1 heterocycles. The molecule has 1 amide bonds. The molecule has 1 aliphatic rings. The Hall–Kier alpha value is -2.18. The summed E-state index contributed by atoms with van der Waals surface area (Å²) >= 11 is 0. The highest BCUT2D eigenvalue weighted by Crippen LogP contribution is 2.27. The van der Waals surface area contributed by atoms with Crippen LogP contribution in [-0.4, -0.2) is 32.2 Å². The van der Waals surface area contributed by atoms with Gasteiger partial charge in [0.25, 0.3) is 5.91 Å². The number of benzene rings is 2. The molecule has 0 radical (unpaired) electrons. The van der Waals surface area contributed by atoms with Crippen molar-refractivity contribution in [2.45, 2.75) is 31.2 Å². The Morgan fingerprint density at radius 2 is 1.80 bits per heavy atom. The highest BCUT2D eigenvalue weighted by molar-refractivity contribution is 7.89. The molecule has 25 heavy (non-hydrogen) atoms. The first-order chi connectivity index (χ1) is 11.8. The molecule has 2 aromatic rings. The van der Waals surface area contributed by atoms with Crippen molar-refractivity contribution in [1.82, 2.24) is 9.62 Å². The molecule has 1 N–H and O–H groups in total. The average molecular weight is 358 g/mol. The summed E-state index contributed by atoms with van der Waals surface area (Å²) in [5, 5.41) is 2.75. The lowest BCUT2D eigenvalue weighted by atomic mass is 10.0. The monoisotopic (exact) mass is 358 g/mol. The Morgan fingerprint density at radius 3 is 2.48 bits per heavy atom. The lowest BCUT2D eigenvalue weighted by molar-refractivity contribution is 0.0945. The third kappa shape index (κ3) is 3.32. The van der Waals surface area contributed by atoms with Crippen molar-refractivity contribution in [2.24, 2.45) is 0 Å². The van der Waals surface area contributed by atoms with Crippen molar-refractivity contribution >= 4 is 15.9 Å². The van der Waals surface area contributed by atoms with Gasteiger partial charge < -0.3 is 5.32 Å². The summed E-state index contributed by atoms with van der Waals surface area (Å²) < 4.78 is 27.3. The van der Waals surface area contributed by atoms with Crippen molar-refractivity contribution in [3.8, 4) is 0 Å². The maximum Gasteiger partial charge on any atom is 0.251 e. The van der Waals surface area contributed by atoms with Gasteiger partial charge in [0.1, 0.15) is 0 Å². The summed E-state index contributed by atoms with van der Waals surface area (Å²) in [6.07, 6.45) is 0.719. The minimum atomic E-state index is -3.70. The Morgan fingerprint density at radius 1 is 1.12 bits per heavy atom. The molecule has 3 rings (SSSR count). The SMILES string of the molecule is Cc1ccc(C(C)N(C)S(=O)(=O)c2ccc3c(c2)C(=O)NCC3)cc1. The number of amides is 1. The fraction of sp³-hybridized carbons (Fsp3) is 0.316. The molecule has 0 aliphatic carbocycles. The van der Waals surface area contributed by atoms with Gasteiger partial charge in [0.15, 0.2) is 0 Å². The van der Waals surface area contributed by atoms with E-state index in [0.29, 0.717) is 12.1 Å². The Labute approximate surface area is 148 Å². The molecular formula is C19H22N2O3S. The molecule has 0 bridgehead atoms. The van der Waals surface area contributed by atoms with Gasteiger partial charge in [0.05, 0.1) is 4.90 Å². The largest absolute Gasteiger partial charge is 0.352 e. The van der Waals surface area contributed by atoms with Gasteiger partial charge in [-0.1, -0.05) is 35.9 Å². The average Bonchev–Trinajstić information content (AvgIpc) is 2.61. The molecule has 0 saturated heterocycles. The van der Waals surface area contributed by atoms with Crippen LogP contribution in [0.4, 0.5) is 0 Å². The predicted molar refractivity (Wildman–Crippen MR) is 97.0 cm³/mol. The zero-order chi connectivity index (χ0) is 18.2. The van der Waals surface area contributed by atoms with Crippen LogP contribution in [0.5, 0.6) is 0 Å². The molecule has 6 heteroatoms. The van der Waals surface area contributed by atoms with Crippen LogP contribution in [-0.2, 0) is 16.4 Å². The number of fused-ring (bicyclic) bond motifs is 1. The first kappa shape index (κ1) is 17.6. The van der Waals surface area contributed by atoms with Crippen LogP contribution in [0.1, 0.15) is 40.0 Å². The highest BCUT2D eigenvalue weighted by atomic mass is 32.2. The molecule has 1 aliphatic heterocycles. The lowest BCUT2D eigenvalue weighted by Crippen LogP contribution is -2.33. The molecule has 2 aromatic carbocycles. The van der Waals surface area contributed by atoms with Gasteiger partial charge in [0.2, 0.25) is 10.0 Å². The molecule has 1 atom stereocenters. The number of nitrogens with zero attached hydrogens (tertiary/aromatic N) is 1. The molecule has 5 nitrogen and oxygen atoms in total. The number of sulfonamides is 1. The van der Waals surface area contributed by atoms with E-state index in [0.717, 1.165) is 23.1 Å². The van der Waals surface area contributed by atoms with Gasteiger partial charge >= 0.3 is 0 Å². The summed E-state index contributed by atoms with van der Waals surface area (Å²) in [7, 11) is -2.13. The van der Waals surface area contributed by atoms with Gasteiger partial charge in [-0.25, -0.2) is 8.42 Å². The van der Waals surface area contributed by atoms with Crippen LogP contribution in [0.15, 0.2) is 47.4 Å². The predicted octanol–water partition coefficient (Wildman–Crippen LogP) is 2.66. The van der Waals surface area contributed by atoms with E-state index in [2.05, 4.69) is 5.32 Å². The van der Waals surface area contributed by atoms with E-state index in [9.17, 15) is 13.2 Å². The number of hydrogen-bond donors (Lipinski definition) is 1.